The molecule has 0 fully saturated rings. The molecule has 1 unspecified atom stereocenters. The lowest BCUT2D eigenvalue weighted by Crippen LogP contribution is -2.25. The van der Waals surface area contributed by atoms with Gasteiger partial charge in [0.2, 0.25) is 11.7 Å². The Hall–Kier alpha value is -3.85. The molecule has 0 aliphatic rings. The first-order valence-corrected chi connectivity index (χ1v) is 10.1. The first-order valence-electron chi connectivity index (χ1n) is 9.77. The van der Waals surface area contributed by atoms with E-state index >= 15 is 0 Å². The summed E-state index contributed by atoms with van der Waals surface area (Å²) in [5.41, 5.74) is 2.67. The number of furan rings is 1. The standard InChI is InChI=1S/C22H20ClN5O4/c1-12-9-13(2)28(26-12)14(3)21(29)25-17-7-6-15(10-16(17)23)24-22(30)18-11-20(32-27-18)19-5-4-8-31-19/h4-11,14H,1-3H3,(H,24,30)(H,25,29). The minimum atomic E-state index is -0.519. The van der Waals surface area contributed by atoms with E-state index in [1.165, 1.54) is 18.4 Å². The van der Waals surface area contributed by atoms with Crippen LogP contribution >= 0.6 is 11.6 Å². The van der Waals surface area contributed by atoms with Crippen molar-refractivity contribution in [3.05, 3.63) is 70.8 Å². The predicted molar refractivity (Wildman–Crippen MR) is 119 cm³/mol. The summed E-state index contributed by atoms with van der Waals surface area (Å²) in [6.45, 7) is 5.52. The van der Waals surface area contributed by atoms with Gasteiger partial charge in [0.05, 0.1) is 22.7 Å². The van der Waals surface area contributed by atoms with E-state index in [-0.39, 0.29) is 16.6 Å². The van der Waals surface area contributed by atoms with E-state index in [1.54, 1.807) is 35.9 Å². The topological polar surface area (TPSA) is 115 Å². The van der Waals surface area contributed by atoms with Gasteiger partial charge in [-0.15, -0.1) is 0 Å². The van der Waals surface area contributed by atoms with Gasteiger partial charge in [0.15, 0.2) is 11.5 Å². The molecular formula is C22H20ClN5O4. The van der Waals surface area contributed by atoms with E-state index in [0.717, 1.165) is 11.4 Å². The molecule has 3 aromatic heterocycles. The molecule has 164 valence electrons. The molecule has 0 spiro atoms. The van der Waals surface area contributed by atoms with E-state index in [4.69, 9.17) is 20.5 Å². The fourth-order valence-corrected chi connectivity index (χ4v) is 3.42. The maximum Gasteiger partial charge on any atom is 0.277 e. The van der Waals surface area contributed by atoms with Crippen molar-refractivity contribution in [3.63, 3.8) is 0 Å². The second-order valence-corrected chi connectivity index (χ2v) is 7.65. The first-order chi connectivity index (χ1) is 15.3. The van der Waals surface area contributed by atoms with E-state index < -0.39 is 11.9 Å². The van der Waals surface area contributed by atoms with Crippen LogP contribution in [0.3, 0.4) is 0 Å². The normalized spacial score (nSPS) is 11.9. The number of nitrogens with zero attached hydrogens (tertiary/aromatic N) is 3. The van der Waals surface area contributed by atoms with Crippen LogP contribution in [0.4, 0.5) is 11.4 Å². The third-order valence-electron chi connectivity index (χ3n) is 4.78. The van der Waals surface area contributed by atoms with Gasteiger partial charge < -0.3 is 19.6 Å². The summed E-state index contributed by atoms with van der Waals surface area (Å²) >= 11 is 6.33. The van der Waals surface area contributed by atoms with Crippen LogP contribution in [0.2, 0.25) is 5.02 Å². The number of rotatable bonds is 6. The lowest BCUT2D eigenvalue weighted by molar-refractivity contribution is -0.119. The number of anilines is 2. The van der Waals surface area contributed by atoms with E-state index in [1.807, 2.05) is 19.9 Å². The Morgan fingerprint density at radius 2 is 1.91 bits per heavy atom. The summed E-state index contributed by atoms with van der Waals surface area (Å²) in [6.07, 6.45) is 1.50. The van der Waals surface area contributed by atoms with E-state index in [0.29, 0.717) is 22.9 Å². The lowest BCUT2D eigenvalue weighted by Gasteiger charge is -2.15. The van der Waals surface area contributed by atoms with E-state index in [9.17, 15) is 9.59 Å². The molecule has 32 heavy (non-hydrogen) atoms. The Morgan fingerprint density at radius 1 is 1.09 bits per heavy atom. The SMILES string of the molecule is Cc1cc(C)n(C(C)C(=O)Nc2ccc(NC(=O)c3cc(-c4ccco4)on3)cc2Cl)n1. The zero-order valence-corrected chi connectivity index (χ0v) is 18.3. The number of hydrogen-bond acceptors (Lipinski definition) is 6. The van der Waals surface area contributed by atoms with Crippen LogP contribution < -0.4 is 10.6 Å². The van der Waals surface area contributed by atoms with Crippen LogP contribution in [0, 0.1) is 13.8 Å². The molecule has 4 aromatic rings. The Morgan fingerprint density at radius 3 is 2.56 bits per heavy atom. The second-order valence-electron chi connectivity index (χ2n) is 7.24. The van der Waals surface area contributed by atoms with Gasteiger partial charge in [0.1, 0.15) is 6.04 Å². The van der Waals surface area contributed by atoms with Crippen molar-refractivity contribution < 1.29 is 18.5 Å². The molecule has 0 radical (unpaired) electrons. The van der Waals surface area contributed by atoms with Crippen LogP contribution in [0.15, 0.2) is 57.7 Å². The number of carbonyl (C=O) groups is 2. The van der Waals surface area contributed by atoms with Crippen LogP contribution in [-0.2, 0) is 4.79 Å². The van der Waals surface area contributed by atoms with Crippen molar-refractivity contribution in [1.82, 2.24) is 14.9 Å². The maximum atomic E-state index is 12.6. The number of benzene rings is 1. The molecular weight excluding hydrogens is 434 g/mol. The Labute approximate surface area is 188 Å². The number of amides is 2. The molecule has 0 aliphatic heterocycles. The first kappa shape index (κ1) is 21.4. The summed E-state index contributed by atoms with van der Waals surface area (Å²) in [4.78, 5) is 25.1. The average molecular weight is 454 g/mol. The maximum absolute atomic E-state index is 12.6. The lowest BCUT2D eigenvalue weighted by atomic mass is 10.2. The minimum absolute atomic E-state index is 0.0867. The summed E-state index contributed by atoms with van der Waals surface area (Å²) in [5, 5.41) is 13.9. The van der Waals surface area contributed by atoms with Gasteiger partial charge in [-0.3, -0.25) is 14.3 Å². The van der Waals surface area contributed by atoms with Crippen LogP contribution in [0.5, 0.6) is 0 Å². The molecule has 2 amide bonds. The van der Waals surface area contributed by atoms with Gasteiger partial charge in [0, 0.05) is 17.4 Å². The van der Waals surface area contributed by atoms with Crippen molar-refractivity contribution >= 4 is 34.8 Å². The summed E-state index contributed by atoms with van der Waals surface area (Å²) < 4.78 is 12.0. The number of aromatic nitrogens is 3. The van der Waals surface area contributed by atoms with Gasteiger partial charge in [-0.05, 0) is 57.2 Å². The highest BCUT2D eigenvalue weighted by atomic mass is 35.5. The van der Waals surface area contributed by atoms with Crippen LogP contribution in [-0.4, -0.2) is 26.8 Å². The highest BCUT2D eigenvalue weighted by Gasteiger charge is 2.20. The number of carbonyl (C=O) groups excluding carboxylic acids is 2. The van der Waals surface area contributed by atoms with Gasteiger partial charge in [-0.2, -0.15) is 5.10 Å². The van der Waals surface area contributed by atoms with Crippen molar-refractivity contribution in [1.29, 1.82) is 0 Å². The van der Waals surface area contributed by atoms with Crippen LogP contribution in [0.1, 0.15) is 34.8 Å². The van der Waals surface area contributed by atoms with Gasteiger partial charge in [-0.25, -0.2) is 0 Å². The summed E-state index contributed by atoms with van der Waals surface area (Å²) in [7, 11) is 0. The molecule has 0 aliphatic carbocycles. The van der Waals surface area contributed by atoms with Crippen molar-refractivity contribution in [2.45, 2.75) is 26.8 Å². The number of nitrogens with one attached hydrogen (secondary N) is 2. The third-order valence-corrected chi connectivity index (χ3v) is 5.10. The zero-order valence-electron chi connectivity index (χ0n) is 17.5. The highest BCUT2D eigenvalue weighted by molar-refractivity contribution is 6.34. The Kier molecular flexibility index (Phi) is 5.83. The molecule has 0 saturated carbocycles. The predicted octanol–water partition coefficient (Wildman–Crippen LogP) is 4.85. The smallest absolute Gasteiger partial charge is 0.277 e. The summed E-state index contributed by atoms with van der Waals surface area (Å²) in [5.74, 6) is 0.0721. The number of halogens is 1. The van der Waals surface area contributed by atoms with Gasteiger partial charge in [-0.1, -0.05) is 16.8 Å². The largest absolute Gasteiger partial charge is 0.461 e. The van der Waals surface area contributed by atoms with Crippen molar-refractivity contribution in [2.75, 3.05) is 10.6 Å². The molecule has 2 N–H and O–H groups in total. The molecule has 10 heteroatoms. The number of hydrogen-bond donors (Lipinski definition) is 2. The minimum Gasteiger partial charge on any atom is -0.461 e. The van der Waals surface area contributed by atoms with Crippen molar-refractivity contribution in [3.8, 4) is 11.5 Å². The Bertz CT molecular complexity index is 1280. The molecule has 4 rings (SSSR count). The fourth-order valence-electron chi connectivity index (χ4n) is 3.19. The molecule has 1 atom stereocenters. The monoisotopic (exact) mass is 453 g/mol. The molecule has 0 bridgehead atoms. The average Bonchev–Trinajstić information content (AvgIpc) is 3.50. The fraction of sp³-hybridized carbons (Fsp3) is 0.182. The Balaban J connectivity index is 1.42. The molecule has 0 saturated heterocycles. The zero-order chi connectivity index (χ0) is 22.8. The number of aryl methyl sites for hydroxylation is 2. The van der Waals surface area contributed by atoms with Crippen LogP contribution in [0.25, 0.3) is 11.5 Å². The van der Waals surface area contributed by atoms with Gasteiger partial charge >= 0.3 is 0 Å². The molecule has 9 nitrogen and oxygen atoms in total. The van der Waals surface area contributed by atoms with Gasteiger partial charge in [0.25, 0.3) is 5.91 Å². The second kappa shape index (κ2) is 8.72. The quantitative estimate of drug-likeness (QED) is 0.431. The molecule has 3 heterocycles. The molecule has 1 aromatic carbocycles. The summed E-state index contributed by atoms with van der Waals surface area (Å²) in [6, 6.07) is 11.0. The van der Waals surface area contributed by atoms with Crippen molar-refractivity contribution in [2.24, 2.45) is 0 Å². The van der Waals surface area contributed by atoms with E-state index in [2.05, 4.69) is 20.9 Å². The highest BCUT2D eigenvalue weighted by Crippen LogP contribution is 2.27. The third kappa shape index (κ3) is 4.42.